The van der Waals surface area contributed by atoms with Crippen molar-refractivity contribution in [2.45, 2.75) is 31.1 Å². The van der Waals surface area contributed by atoms with Crippen LogP contribution < -0.4 is 10.6 Å². The van der Waals surface area contributed by atoms with Crippen molar-refractivity contribution in [1.82, 2.24) is 10.6 Å². The lowest BCUT2D eigenvalue weighted by Gasteiger charge is -2.36. The highest BCUT2D eigenvalue weighted by molar-refractivity contribution is 8.00. The monoisotopic (exact) mass is 311 g/mol. The Morgan fingerprint density at radius 3 is 2.81 bits per heavy atom. The fraction of sp³-hybridized carbons (Fsp3) is 0.667. The quantitative estimate of drug-likeness (QED) is 0.623. The highest BCUT2D eigenvalue weighted by atomic mass is 32.2. The lowest BCUT2D eigenvalue weighted by Crippen LogP contribution is -2.47. The van der Waals surface area contributed by atoms with Gasteiger partial charge in [0.25, 0.3) is 0 Å². The summed E-state index contributed by atoms with van der Waals surface area (Å²) in [5.74, 6) is 1.71. The summed E-state index contributed by atoms with van der Waals surface area (Å²) in [6.07, 6.45) is 6.02. The van der Waals surface area contributed by atoms with Gasteiger partial charge in [-0.25, -0.2) is 4.99 Å². The number of ether oxygens (including phenoxy) is 1. The van der Waals surface area contributed by atoms with E-state index in [1.165, 1.54) is 0 Å². The summed E-state index contributed by atoms with van der Waals surface area (Å²) < 4.78 is 11.0. The molecule has 2 N–H and O–H groups in total. The van der Waals surface area contributed by atoms with Crippen LogP contribution in [0.3, 0.4) is 0 Å². The lowest BCUT2D eigenvalue weighted by atomic mass is 9.99. The van der Waals surface area contributed by atoms with E-state index < -0.39 is 0 Å². The number of rotatable bonds is 6. The number of hydrogen-bond donors (Lipinski definition) is 2. The summed E-state index contributed by atoms with van der Waals surface area (Å²) in [4.78, 5) is 4.57. The third kappa shape index (κ3) is 4.97. The summed E-state index contributed by atoms with van der Waals surface area (Å²) in [6.45, 7) is 6.08. The fourth-order valence-electron chi connectivity index (χ4n) is 2.34. The average molecular weight is 311 g/mol. The largest absolute Gasteiger partial charge is 0.467 e. The number of nitrogens with one attached hydrogen (secondary N) is 2. The number of thioether (sulfide) groups is 1. The maximum Gasteiger partial charge on any atom is 0.191 e. The summed E-state index contributed by atoms with van der Waals surface area (Å²) in [5.41, 5.74) is 0. The molecule has 1 fully saturated rings. The Morgan fingerprint density at radius 1 is 1.38 bits per heavy atom. The molecular weight excluding hydrogens is 286 g/mol. The van der Waals surface area contributed by atoms with E-state index in [-0.39, 0.29) is 4.75 Å². The van der Waals surface area contributed by atoms with Crippen LogP contribution in [0.4, 0.5) is 0 Å². The standard InChI is InChI=1S/C15H25N3O2S/c1-3-16-14(17-11-13-5-4-8-20-13)18-12-15(21-2)6-9-19-10-7-15/h4-5,8H,3,6-7,9-12H2,1-2H3,(H2,16,17,18). The summed E-state index contributed by atoms with van der Waals surface area (Å²) >= 11 is 1.93. The number of furan rings is 1. The summed E-state index contributed by atoms with van der Waals surface area (Å²) in [6, 6.07) is 3.82. The normalized spacial score (nSPS) is 18.5. The van der Waals surface area contributed by atoms with Gasteiger partial charge in [0.2, 0.25) is 0 Å². The van der Waals surface area contributed by atoms with E-state index in [4.69, 9.17) is 9.15 Å². The lowest BCUT2D eigenvalue weighted by molar-refractivity contribution is 0.0783. The minimum absolute atomic E-state index is 0.249. The zero-order valence-corrected chi connectivity index (χ0v) is 13.7. The van der Waals surface area contributed by atoms with E-state index in [9.17, 15) is 0 Å². The molecule has 1 aromatic heterocycles. The van der Waals surface area contributed by atoms with Crippen molar-refractivity contribution in [3.05, 3.63) is 24.2 Å². The minimum Gasteiger partial charge on any atom is -0.467 e. The van der Waals surface area contributed by atoms with Crippen molar-refractivity contribution in [2.75, 3.05) is 32.6 Å². The SMILES string of the molecule is CCNC(=NCc1ccco1)NCC1(SC)CCOCC1. The van der Waals surface area contributed by atoms with E-state index in [2.05, 4.69) is 28.8 Å². The maximum atomic E-state index is 5.48. The van der Waals surface area contributed by atoms with Gasteiger partial charge in [-0.1, -0.05) is 0 Å². The van der Waals surface area contributed by atoms with Crippen LogP contribution in [0.5, 0.6) is 0 Å². The van der Waals surface area contributed by atoms with E-state index in [0.717, 1.165) is 50.9 Å². The Balaban J connectivity index is 1.90. The molecule has 0 unspecified atom stereocenters. The smallest absolute Gasteiger partial charge is 0.191 e. The molecule has 0 spiro atoms. The van der Waals surface area contributed by atoms with Gasteiger partial charge in [0.05, 0.1) is 6.26 Å². The molecule has 1 aliphatic rings. The van der Waals surface area contributed by atoms with Gasteiger partial charge >= 0.3 is 0 Å². The number of aliphatic imine (C=N–C) groups is 1. The molecule has 21 heavy (non-hydrogen) atoms. The first-order valence-corrected chi connectivity index (χ1v) is 8.68. The van der Waals surface area contributed by atoms with Gasteiger partial charge in [-0.3, -0.25) is 0 Å². The Bertz CT molecular complexity index is 428. The molecule has 1 saturated heterocycles. The molecule has 1 aromatic rings. The second-order valence-electron chi connectivity index (χ2n) is 5.13. The van der Waals surface area contributed by atoms with E-state index in [0.29, 0.717) is 6.54 Å². The zero-order valence-electron chi connectivity index (χ0n) is 12.9. The predicted molar refractivity (Wildman–Crippen MR) is 87.8 cm³/mol. The van der Waals surface area contributed by atoms with Gasteiger partial charge in [0, 0.05) is 31.1 Å². The van der Waals surface area contributed by atoms with Crippen LogP contribution in [0.1, 0.15) is 25.5 Å². The Kier molecular flexibility index (Phi) is 6.45. The summed E-state index contributed by atoms with van der Waals surface area (Å²) in [7, 11) is 0. The van der Waals surface area contributed by atoms with Gasteiger partial charge in [0.15, 0.2) is 5.96 Å². The average Bonchev–Trinajstić information content (AvgIpc) is 3.04. The number of nitrogens with zero attached hydrogens (tertiary/aromatic N) is 1. The molecule has 0 atom stereocenters. The van der Waals surface area contributed by atoms with Crippen molar-refractivity contribution >= 4 is 17.7 Å². The highest BCUT2D eigenvalue weighted by Gasteiger charge is 2.31. The van der Waals surface area contributed by atoms with Crippen LogP contribution >= 0.6 is 11.8 Å². The number of hydrogen-bond acceptors (Lipinski definition) is 4. The Labute approximate surface area is 130 Å². The molecule has 2 rings (SSSR count). The molecule has 0 aromatic carbocycles. The van der Waals surface area contributed by atoms with E-state index in [1.54, 1.807) is 6.26 Å². The van der Waals surface area contributed by atoms with Crippen molar-refractivity contribution in [3.8, 4) is 0 Å². The molecule has 0 aliphatic carbocycles. The van der Waals surface area contributed by atoms with Crippen LogP contribution in [0.25, 0.3) is 0 Å². The van der Waals surface area contributed by atoms with Crippen molar-refractivity contribution < 1.29 is 9.15 Å². The maximum absolute atomic E-state index is 5.48. The Morgan fingerprint density at radius 2 is 2.19 bits per heavy atom. The van der Waals surface area contributed by atoms with Crippen LogP contribution in [0, 0.1) is 0 Å². The minimum atomic E-state index is 0.249. The van der Waals surface area contributed by atoms with Gasteiger partial charge in [-0.2, -0.15) is 11.8 Å². The van der Waals surface area contributed by atoms with Crippen LogP contribution in [-0.2, 0) is 11.3 Å². The highest BCUT2D eigenvalue weighted by Crippen LogP contribution is 2.32. The van der Waals surface area contributed by atoms with Crippen molar-refractivity contribution in [1.29, 1.82) is 0 Å². The first kappa shape index (κ1) is 16.2. The van der Waals surface area contributed by atoms with Crippen molar-refractivity contribution in [3.63, 3.8) is 0 Å². The van der Waals surface area contributed by atoms with Gasteiger partial charge in [0.1, 0.15) is 12.3 Å². The molecule has 2 heterocycles. The van der Waals surface area contributed by atoms with Crippen LogP contribution in [0.15, 0.2) is 27.8 Å². The second kappa shape index (κ2) is 8.34. The molecule has 0 amide bonds. The molecule has 0 radical (unpaired) electrons. The van der Waals surface area contributed by atoms with E-state index in [1.807, 2.05) is 23.9 Å². The topological polar surface area (TPSA) is 58.8 Å². The van der Waals surface area contributed by atoms with E-state index >= 15 is 0 Å². The molecular formula is C15H25N3O2S. The van der Waals surface area contributed by atoms with Crippen LogP contribution in [0.2, 0.25) is 0 Å². The molecule has 6 heteroatoms. The zero-order chi connectivity index (χ0) is 15.0. The summed E-state index contributed by atoms with van der Waals surface area (Å²) in [5, 5.41) is 6.75. The van der Waals surface area contributed by atoms with Gasteiger partial charge in [-0.15, -0.1) is 0 Å². The van der Waals surface area contributed by atoms with Crippen molar-refractivity contribution in [2.24, 2.45) is 4.99 Å². The number of guanidine groups is 1. The molecule has 0 saturated carbocycles. The Hall–Kier alpha value is -1.14. The first-order valence-electron chi connectivity index (χ1n) is 7.45. The third-order valence-electron chi connectivity index (χ3n) is 3.73. The van der Waals surface area contributed by atoms with Gasteiger partial charge in [-0.05, 0) is 38.2 Å². The van der Waals surface area contributed by atoms with Crippen LogP contribution in [-0.4, -0.2) is 43.3 Å². The second-order valence-corrected chi connectivity index (χ2v) is 6.40. The third-order valence-corrected chi connectivity index (χ3v) is 5.15. The molecule has 5 nitrogen and oxygen atoms in total. The first-order chi connectivity index (χ1) is 10.3. The molecule has 1 aliphatic heterocycles. The van der Waals surface area contributed by atoms with Gasteiger partial charge < -0.3 is 19.8 Å². The molecule has 118 valence electrons. The predicted octanol–water partition coefficient (Wildman–Crippen LogP) is 2.25. The molecule has 0 bridgehead atoms. The fourth-order valence-corrected chi connectivity index (χ4v) is 3.13.